The van der Waals surface area contributed by atoms with E-state index < -0.39 is 5.97 Å². The van der Waals surface area contributed by atoms with Crippen LogP contribution in [-0.4, -0.2) is 42.7 Å². The maximum absolute atomic E-state index is 10.5. The van der Waals surface area contributed by atoms with E-state index in [1.54, 1.807) is 0 Å². The van der Waals surface area contributed by atoms with Crippen molar-refractivity contribution < 1.29 is 14.4 Å². The van der Waals surface area contributed by atoms with Crippen molar-refractivity contribution in [3.63, 3.8) is 0 Å². The van der Waals surface area contributed by atoms with Gasteiger partial charge in [-0.15, -0.1) is 0 Å². The van der Waals surface area contributed by atoms with Gasteiger partial charge in [0.1, 0.15) is 0 Å². The third kappa shape index (κ3) is 15.8. The van der Waals surface area contributed by atoms with Crippen LogP contribution in [-0.2, 0) is 4.79 Å². The van der Waals surface area contributed by atoms with E-state index in [1.807, 2.05) is 0 Å². The fraction of sp³-hybridized carbons (Fsp3) is 0.947. The zero-order valence-corrected chi connectivity index (χ0v) is 15.4. The third-order valence-corrected chi connectivity index (χ3v) is 4.52. The summed E-state index contributed by atoms with van der Waals surface area (Å²) in [4.78, 5) is 10.5. The van der Waals surface area contributed by atoms with Crippen molar-refractivity contribution in [2.45, 2.75) is 90.4 Å². The first-order chi connectivity index (χ1) is 10.5. The van der Waals surface area contributed by atoms with Crippen LogP contribution < -0.4 is 0 Å². The Kier molecular flexibility index (Phi) is 13.7. The van der Waals surface area contributed by atoms with Gasteiger partial charge in [-0.05, 0) is 12.8 Å². The molecule has 0 rings (SSSR count). The van der Waals surface area contributed by atoms with Crippen molar-refractivity contribution >= 4 is 5.97 Å². The number of nitrogens with zero attached hydrogens (tertiary/aromatic N) is 1. The minimum atomic E-state index is -0.672. The van der Waals surface area contributed by atoms with Gasteiger partial charge in [0.25, 0.3) is 0 Å². The molecule has 0 radical (unpaired) electrons. The lowest BCUT2D eigenvalue weighted by molar-refractivity contribution is -0.890. The Morgan fingerprint density at radius 3 is 1.59 bits per heavy atom. The number of aliphatic carboxylic acids is 1. The van der Waals surface area contributed by atoms with Crippen molar-refractivity contribution in [1.82, 2.24) is 0 Å². The summed E-state index contributed by atoms with van der Waals surface area (Å²) < 4.78 is 0.963. The molecular formula is C19H40NO2+. The summed E-state index contributed by atoms with van der Waals surface area (Å²) in [5.74, 6) is -0.672. The summed E-state index contributed by atoms with van der Waals surface area (Å²) in [6, 6.07) is 0. The lowest BCUT2D eigenvalue weighted by atomic mass is 10.1. The van der Waals surface area contributed by atoms with E-state index in [4.69, 9.17) is 5.11 Å². The quantitative estimate of drug-likeness (QED) is 0.312. The second-order valence-electron chi connectivity index (χ2n) is 7.42. The smallest absolute Gasteiger partial charge is 0.303 e. The minimum absolute atomic E-state index is 0.305. The summed E-state index contributed by atoms with van der Waals surface area (Å²) in [5, 5.41) is 8.68. The molecular weight excluding hydrogens is 274 g/mol. The molecule has 1 N–H and O–H groups in total. The van der Waals surface area contributed by atoms with Crippen LogP contribution in [0.4, 0.5) is 0 Å². The Labute approximate surface area is 138 Å². The van der Waals surface area contributed by atoms with Gasteiger partial charge in [-0.25, -0.2) is 0 Å². The van der Waals surface area contributed by atoms with Crippen LogP contribution in [0.15, 0.2) is 0 Å². The summed E-state index contributed by atoms with van der Waals surface area (Å²) >= 11 is 0. The van der Waals surface area contributed by atoms with E-state index in [2.05, 4.69) is 21.0 Å². The molecule has 0 bridgehead atoms. The molecule has 0 saturated carbocycles. The number of hydrogen-bond acceptors (Lipinski definition) is 1. The average molecular weight is 315 g/mol. The van der Waals surface area contributed by atoms with Gasteiger partial charge in [-0.3, -0.25) is 4.79 Å². The van der Waals surface area contributed by atoms with Crippen LogP contribution in [0.1, 0.15) is 90.4 Å². The SMILES string of the molecule is CCCCCCCCCCCCC[N+](C)(C)CCCC(=O)O. The Hall–Kier alpha value is -0.570. The van der Waals surface area contributed by atoms with Crippen LogP contribution >= 0.6 is 0 Å². The van der Waals surface area contributed by atoms with Gasteiger partial charge in [-0.1, -0.05) is 64.7 Å². The molecule has 0 aromatic rings. The molecule has 0 atom stereocenters. The van der Waals surface area contributed by atoms with Crippen LogP contribution in [0.2, 0.25) is 0 Å². The maximum Gasteiger partial charge on any atom is 0.303 e. The molecule has 22 heavy (non-hydrogen) atoms. The Morgan fingerprint density at radius 1 is 0.727 bits per heavy atom. The molecule has 0 fully saturated rings. The number of unbranched alkanes of at least 4 members (excludes halogenated alkanes) is 10. The van der Waals surface area contributed by atoms with Crippen LogP contribution in [0, 0.1) is 0 Å². The first-order valence-electron chi connectivity index (χ1n) is 9.52. The Bertz CT molecular complexity index is 264. The summed E-state index contributed by atoms with van der Waals surface area (Å²) in [5.41, 5.74) is 0. The van der Waals surface area contributed by atoms with E-state index >= 15 is 0 Å². The van der Waals surface area contributed by atoms with Crippen molar-refractivity contribution in [3.05, 3.63) is 0 Å². The lowest BCUT2D eigenvalue weighted by Gasteiger charge is -2.29. The van der Waals surface area contributed by atoms with E-state index in [0.29, 0.717) is 6.42 Å². The topological polar surface area (TPSA) is 37.3 Å². The highest BCUT2D eigenvalue weighted by molar-refractivity contribution is 5.66. The predicted octanol–water partition coefficient (Wildman–Crippen LogP) is 5.24. The fourth-order valence-electron chi connectivity index (χ4n) is 2.97. The zero-order chi connectivity index (χ0) is 16.7. The van der Waals surface area contributed by atoms with E-state index in [0.717, 1.165) is 17.4 Å². The molecule has 132 valence electrons. The molecule has 0 aromatic heterocycles. The minimum Gasteiger partial charge on any atom is -0.481 e. The molecule has 0 unspecified atom stereocenters. The van der Waals surface area contributed by atoms with E-state index in [1.165, 1.54) is 77.2 Å². The van der Waals surface area contributed by atoms with Gasteiger partial charge >= 0.3 is 5.97 Å². The summed E-state index contributed by atoms with van der Waals surface area (Å²) in [6.45, 7) is 4.42. The van der Waals surface area contributed by atoms with Gasteiger partial charge in [0.05, 0.1) is 33.6 Å². The summed E-state index contributed by atoms with van der Waals surface area (Å²) in [7, 11) is 4.44. The highest BCUT2D eigenvalue weighted by Gasteiger charge is 2.14. The largest absolute Gasteiger partial charge is 0.481 e. The normalized spacial score (nSPS) is 11.8. The molecule has 0 amide bonds. The van der Waals surface area contributed by atoms with Gasteiger partial charge in [-0.2, -0.15) is 0 Å². The molecule has 0 spiro atoms. The van der Waals surface area contributed by atoms with Gasteiger partial charge in [0.15, 0.2) is 0 Å². The van der Waals surface area contributed by atoms with Gasteiger partial charge in [0.2, 0.25) is 0 Å². The number of hydrogen-bond donors (Lipinski definition) is 1. The summed E-state index contributed by atoms with van der Waals surface area (Å²) in [6.07, 6.45) is 16.3. The first-order valence-corrected chi connectivity index (χ1v) is 9.52. The number of quaternary nitrogens is 1. The first kappa shape index (κ1) is 21.4. The molecule has 0 heterocycles. The highest BCUT2D eigenvalue weighted by Crippen LogP contribution is 2.12. The number of carboxylic acid groups (broad SMARTS) is 1. The molecule has 3 nitrogen and oxygen atoms in total. The molecule has 0 saturated heterocycles. The molecule has 0 aromatic carbocycles. The van der Waals surface area contributed by atoms with Crippen molar-refractivity contribution in [1.29, 1.82) is 0 Å². The fourth-order valence-corrected chi connectivity index (χ4v) is 2.97. The third-order valence-electron chi connectivity index (χ3n) is 4.52. The molecule has 0 aliphatic heterocycles. The van der Waals surface area contributed by atoms with Crippen LogP contribution in [0.5, 0.6) is 0 Å². The average Bonchev–Trinajstić information content (AvgIpc) is 2.44. The molecule has 3 heteroatoms. The van der Waals surface area contributed by atoms with E-state index in [-0.39, 0.29) is 0 Å². The predicted molar refractivity (Wildman–Crippen MR) is 95.2 cm³/mol. The number of rotatable bonds is 16. The second kappa shape index (κ2) is 14.0. The van der Waals surface area contributed by atoms with Gasteiger partial charge < -0.3 is 9.59 Å². The standard InChI is InChI=1S/C19H39NO2/c1-4-5-6-7-8-9-10-11-12-13-14-17-20(2,3)18-15-16-19(21)22/h4-18H2,1-3H3/p+1. The highest BCUT2D eigenvalue weighted by atomic mass is 16.4. The Balaban J connectivity index is 3.32. The maximum atomic E-state index is 10.5. The molecule has 0 aliphatic carbocycles. The monoisotopic (exact) mass is 314 g/mol. The number of carbonyl (C=O) groups is 1. The second-order valence-corrected chi connectivity index (χ2v) is 7.42. The Morgan fingerprint density at radius 2 is 1.14 bits per heavy atom. The van der Waals surface area contributed by atoms with Crippen LogP contribution in [0.3, 0.4) is 0 Å². The van der Waals surface area contributed by atoms with Crippen molar-refractivity contribution in [2.24, 2.45) is 0 Å². The van der Waals surface area contributed by atoms with Crippen molar-refractivity contribution in [2.75, 3.05) is 27.2 Å². The number of carboxylic acids is 1. The van der Waals surface area contributed by atoms with Crippen molar-refractivity contribution in [3.8, 4) is 0 Å². The lowest BCUT2D eigenvalue weighted by Crippen LogP contribution is -2.41. The molecule has 0 aliphatic rings. The zero-order valence-electron chi connectivity index (χ0n) is 15.4. The van der Waals surface area contributed by atoms with Gasteiger partial charge in [0, 0.05) is 6.42 Å². The van der Waals surface area contributed by atoms with Crippen LogP contribution in [0.25, 0.3) is 0 Å². The van der Waals surface area contributed by atoms with E-state index in [9.17, 15) is 4.79 Å².